The summed E-state index contributed by atoms with van der Waals surface area (Å²) in [6.07, 6.45) is 5.31. The maximum Gasteiger partial charge on any atom is 0.273 e. The maximum absolute atomic E-state index is 12.5. The Kier molecular flexibility index (Phi) is 4.35. The Morgan fingerprint density at radius 3 is 2.57 bits per heavy atom. The van der Waals surface area contributed by atoms with E-state index in [4.69, 9.17) is 5.73 Å². The highest BCUT2D eigenvalue weighted by Crippen LogP contribution is 2.39. The standard InChI is InChI=1S/C17H23N3O3/c1-10-5-6-13(9-15(10)20(22)23)17(21)19-16-11-3-2-4-12(16)8-14(18)7-11/h5-6,9,11-12,14,16H,2-4,7-8,18H2,1H3,(H,19,21). The highest BCUT2D eigenvalue weighted by molar-refractivity contribution is 5.95. The molecule has 2 aliphatic rings. The van der Waals surface area contributed by atoms with Crippen LogP contribution in [0.25, 0.3) is 0 Å². The van der Waals surface area contributed by atoms with Crippen molar-refractivity contribution in [3.05, 3.63) is 39.4 Å². The van der Waals surface area contributed by atoms with Crippen molar-refractivity contribution in [3.63, 3.8) is 0 Å². The van der Waals surface area contributed by atoms with Crippen molar-refractivity contribution in [2.45, 2.75) is 51.1 Å². The van der Waals surface area contributed by atoms with Crippen LogP contribution in [-0.4, -0.2) is 22.9 Å². The molecule has 0 spiro atoms. The number of nitrogens with one attached hydrogen (secondary N) is 1. The molecule has 124 valence electrons. The molecule has 6 heteroatoms. The number of nitrogens with zero attached hydrogens (tertiary/aromatic N) is 1. The molecule has 2 atom stereocenters. The van der Waals surface area contributed by atoms with Gasteiger partial charge in [-0.05, 0) is 50.5 Å². The zero-order valence-corrected chi connectivity index (χ0v) is 13.3. The van der Waals surface area contributed by atoms with Crippen LogP contribution >= 0.6 is 0 Å². The number of aryl methyl sites for hydroxylation is 1. The number of hydrogen-bond donors (Lipinski definition) is 2. The second-order valence-electron chi connectivity index (χ2n) is 6.94. The van der Waals surface area contributed by atoms with E-state index in [-0.39, 0.29) is 23.7 Å². The van der Waals surface area contributed by atoms with Gasteiger partial charge in [0.25, 0.3) is 11.6 Å². The number of benzene rings is 1. The topological polar surface area (TPSA) is 98.3 Å². The summed E-state index contributed by atoms with van der Waals surface area (Å²) in [5, 5.41) is 14.2. The van der Waals surface area contributed by atoms with E-state index in [1.807, 2.05) is 0 Å². The lowest BCUT2D eigenvalue weighted by Crippen LogP contribution is -2.53. The Balaban J connectivity index is 1.77. The van der Waals surface area contributed by atoms with E-state index in [0.717, 1.165) is 25.7 Å². The van der Waals surface area contributed by atoms with Crippen molar-refractivity contribution in [2.75, 3.05) is 0 Å². The maximum atomic E-state index is 12.5. The van der Waals surface area contributed by atoms with Crippen molar-refractivity contribution in [1.82, 2.24) is 5.32 Å². The van der Waals surface area contributed by atoms with Gasteiger partial charge in [0.05, 0.1) is 4.92 Å². The Bertz CT molecular complexity index is 618. The molecule has 1 aromatic carbocycles. The number of amides is 1. The van der Waals surface area contributed by atoms with Crippen molar-refractivity contribution in [2.24, 2.45) is 17.6 Å². The molecular weight excluding hydrogens is 294 g/mol. The molecule has 0 aromatic heterocycles. The summed E-state index contributed by atoms with van der Waals surface area (Å²) in [6.45, 7) is 1.67. The molecule has 0 aliphatic heterocycles. The van der Waals surface area contributed by atoms with Gasteiger partial charge in [-0.3, -0.25) is 14.9 Å². The Labute approximate surface area is 135 Å². The fourth-order valence-corrected chi connectivity index (χ4v) is 4.21. The number of fused-ring (bicyclic) bond motifs is 2. The lowest BCUT2D eigenvalue weighted by atomic mass is 9.67. The van der Waals surface area contributed by atoms with E-state index in [0.29, 0.717) is 23.0 Å². The average Bonchev–Trinajstić information content (AvgIpc) is 2.48. The van der Waals surface area contributed by atoms with Crippen LogP contribution in [0.4, 0.5) is 5.69 Å². The number of rotatable bonds is 3. The van der Waals surface area contributed by atoms with E-state index in [2.05, 4.69) is 5.32 Å². The highest BCUT2D eigenvalue weighted by atomic mass is 16.6. The molecule has 3 rings (SSSR count). The Morgan fingerprint density at radius 1 is 1.30 bits per heavy atom. The van der Waals surface area contributed by atoms with Crippen LogP contribution in [0.2, 0.25) is 0 Å². The van der Waals surface area contributed by atoms with Crippen LogP contribution in [0.1, 0.15) is 48.0 Å². The summed E-state index contributed by atoms with van der Waals surface area (Å²) in [5.74, 6) is 0.647. The van der Waals surface area contributed by atoms with Gasteiger partial charge in [-0.15, -0.1) is 0 Å². The van der Waals surface area contributed by atoms with Crippen LogP contribution in [-0.2, 0) is 0 Å². The van der Waals surface area contributed by atoms with Crippen LogP contribution in [0.15, 0.2) is 18.2 Å². The van der Waals surface area contributed by atoms with Gasteiger partial charge in [0, 0.05) is 29.3 Å². The number of nitrogens with two attached hydrogens (primary N) is 1. The summed E-state index contributed by atoms with van der Waals surface area (Å²) in [7, 11) is 0. The lowest BCUT2D eigenvalue weighted by molar-refractivity contribution is -0.385. The fourth-order valence-electron chi connectivity index (χ4n) is 4.21. The summed E-state index contributed by atoms with van der Waals surface area (Å²) in [6, 6.07) is 5.04. The zero-order chi connectivity index (χ0) is 16.6. The van der Waals surface area contributed by atoms with Crippen LogP contribution < -0.4 is 11.1 Å². The van der Waals surface area contributed by atoms with Gasteiger partial charge in [-0.2, -0.15) is 0 Å². The monoisotopic (exact) mass is 317 g/mol. The molecule has 3 N–H and O–H groups in total. The van der Waals surface area contributed by atoms with Gasteiger partial charge in [-0.25, -0.2) is 0 Å². The normalized spacial score (nSPS) is 29.8. The van der Waals surface area contributed by atoms with Gasteiger partial charge in [-0.1, -0.05) is 12.5 Å². The van der Waals surface area contributed by atoms with Gasteiger partial charge >= 0.3 is 0 Å². The highest BCUT2D eigenvalue weighted by Gasteiger charge is 2.40. The summed E-state index contributed by atoms with van der Waals surface area (Å²) in [5.41, 5.74) is 7.02. The zero-order valence-electron chi connectivity index (χ0n) is 13.3. The second kappa shape index (κ2) is 6.28. The number of hydrogen-bond acceptors (Lipinski definition) is 4. The molecule has 0 radical (unpaired) electrons. The van der Waals surface area contributed by atoms with Gasteiger partial charge in [0.15, 0.2) is 0 Å². The van der Waals surface area contributed by atoms with Crippen molar-refractivity contribution < 1.29 is 9.72 Å². The first-order chi connectivity index (χ1) is 11.0. The van der Waals surface area contributed by atoms with Gasteiger partial charge in [0.2, 0.25) is 0 Å². The van der Waals surface area contributed by atoms with E-state index < -0.39 is 4.92 Å². The molecule has 0 heterocycles. The molecule has 1 aromatic rings. The van der Waals surface area contributed by atoms with Gasteiger partial charge in [0.1, 0.15) is 0 Å². The Morgan fingerprint density at radius 2 is 1.96 bits per heavy atom. The minimum atomic E-state index is -0.444. The number of carbonyl (C=O) groups is 1. The van der Waals surface area contributed by atoms with E-state index in [1.54, 1.807) is 19.1 Å². The fraction of sp³-hybridized carbons (Fsp3) is 0.588. The smallest absolute Gasteiger partial charge is 0.273 e. The minimum absolute atomic E-state index is 0.0106. The minimum Gasteiger partial charge on any atom is -0.349 e. The molecule has 2 aliphatic carbocycles. The number of carbonyl (C=O) groups excluding carboxylic acids is 1. The van der Waals surface area contributed by atoms with Crippen molar-refractivity contribution in [1.29, 1.82) is 0 Å². The third-order valence-electron chi connectivity index (χ3n) is 5.34. The van der Waals surface area contributed by atoms with E-state index in [1.165, 1.54) is 12.5 Å². The average molecular weight is 317 g/mol. The predicted molar refractivity (Wildman–Crippen MR) is 87.1 cm³/mol. The van der Waals surface area contributed by atoms with Gasteiger partial charge < -0.3 is 11.1 Å². The largest absolute Gasteiger partial charge is 0.349 e. The molecule has 2 unspecified atom stereocenters. The molecule has 0 saturated heterocycles. The van der Waals surface area contributed by atoms with Crippen molar-refractivity contribution in [3.8, 4) is 0 Å². The molecular formula is C17H23N3O3. The van der Waals surface area contributed by atoms with Crippen molar-refractivity contribution >= 4 is 11.6 Å². The molecule has 23 heavy (non-hydrogen) atoms. The first-order valence-electron chi connectivity index (χ1n) is 8.27. The van der Waals surface area contributed by atoms with E-state index in [9.17, 15) is 14.9 Å². The van der Waals surface area contributed by atoms with Crippen LogP contribution in [0.5, 0.6) is 0 Å². The SMILES string of the molecule is Cc1ccc(C(=O)NC2C3CCCC2CC(N)C3)cc1[N+](=O)[O-]. The summed E-state index contributed by atoms with van der Waals surface area (Å²) < 4.78 is 0. The molecule has 6 nitrogen and oxygen atoms in total. The molecule has 2 bridgehead atoms. The second-order valence-corrected chi connectivity index (χ2v) is 6.94. The summed E-state index contributed by atoms with van der Waals surface area (Å²) in [4.78, 5) is 23.1. The summed E-state index contributed by atoms with van der Waals surface area (Å²) >= 11 is 0. The van der Waals surface area contributed by atoms with E-state index >= 15 is 0 Å². The molecule has 2 saturated carbocycles. The van der Waals surface area contributed by atoms with Crippen LogP contribution in [0, 0.1) is 28.9 Å². The quantitative estimate of drug-likeness (QED) is 0.661. The third-order valence-corrected chi connectivity index (χ3v) is 5.34. The number of nitro groups is 1. The molecule has 1 amide bonds. The number of nitro benzene ring substituents is 1. The molecule has 2 fully saturated rings. The lowest BCUT2D eigenvalue weighted by Gasteiger charge is -2.45. The predicted octanol–water partition coefficient (Wildman–Crippen LogP) is 2.54. The Hall–Kier alpha value is -1.95. The first-order valence-corrected chi connectivity index (χ1v) is 8.27. The van der Waals surface area contributed by atoms with Crippen LogP contribution in [0.3, 0.4) is 0 Å². The third kappa shape index (κ3) is 3.22. The first kappa shape index (κ1) is 15.9.